The summed E-state index contributed by atoms with van der Waals surface area (Å²) in [6, 6.07) is 11.4. The molecule has 2 nitrogen and oxygen atoms in total. The van der Waals surface area contributed by atoms with Crippen molar-refractivity contribution >= 4 is 29.0 Å². The van der Waals surface area contributed by atoms with Crippen molar-refractivity contribution in [1.29, 1.82) is 0 Å². The van der Waals surface area contributed by atoms with Crippen LogP contribution in [0, 0.1) is 5.41 Å². The number of halogens is 2. The van der Waals surface area contributed by atoms with Crippen molar-refractivity contribution in [3.05, 3.63) is 63.1 Å². The first-order valence-corrected chi connectivity index (χ1v) is 7.46. The van der Waals surface area contributed by atoms with Crippen molar-refractivity contribution in [3.8, 4) is 5.75 Å². The van der Waals surface area contributed by atoms with Crippen LogP contribution in [0.1, 0.15) is 28.4 Å². The minimum Gasteiger partial charge on any atom is -0.506 e. The Morgan fingerprint density at radius 2 is 1.86 bits per heavy atom. The Labute approximate surface area is 133 Å². The molecule has 3 rings (SSSR count). The Balaban J connectivity index is 2.02. The molecule has 0 amide bonds. The molecule has 0 aromatic heterocycles. The molecule has 0 spiro atoms. The molecular formula is C17H14Cl2O2. The zero-order valence-corrected chi connectivity index (χ0v) is 13.0. The van der Waals surface area contributed by atoms with Crippen LogP contribution < -0.4 is 0 Å². The van der Waals surface area contributed by atoms with Crippen LogP contribution in [0.4, 0.5) is 0 Å². The van der Waals surface area contributed by atoms with Gasteiger partial charge in [-0.05, 0) is 30.0 Å². The maximum Gasteiger partial charge on any atom is 0.171 e. The van der Waals surface area contributed by atoms with Crippen LogP contribution in [0.2, 0.25) is 10.0 Å². The van der Waals surface area contributed by atoms with Gasteiger partial charge in [0.25, 0.3) is 0 Å². The van der Waals surface area contributed by atoms with Gasteiger partial charge in [-0.25, -0.2) is 0 Å². The van der Waals surface area contributed by atoms with Crippen molar-refractivity contribution in [3.63, 3.8) is 0 Å². The number of Topliss-reactive ketones (excluding diaryl/α,β-unsaturated/α-hetero) is 1. The summed E-state index contributed by atoms with van der Waals surface area (Å²) in [5.41, 5.74) is 1.78. The highest BCUT2D eigenvalue weighted by Gasteiger charge is 2.43. The van der Waals surface area contributed by atoms with Crippen LogP contribution in [-0.4, -0.2) is 10.9 Å². The van der Waals surface area contributed by atoms with Gasteiger partial charge in [0.2, 0.25) is 0 Å². The molecule has 0 radical (unpaired) electrons. The summed E-state index contributed by atoms with van der Waals surface area (Å²) >= 11 is 12.1. The van der Waals surface area contributed by atoms with E-state index < -0.39 is 5.41 Å². The monoisotopic (exact) mass is 320 g/mol. The van der Waals surface area contributed by atoms with Crippen molar-refractivity contribution in [1.82, 2.24) is 0 Å². The standard InChI is InChI=1S/C17H14Cl2O2/c1-17(8-10-5-3-2-4-6-10)9-11-7-12(20)14(18)15(19)13(11)16(17)21/h2-7,20H,8-9H2,1H3/t17-/m1/s1. The lowest BCUT2D eigenvalue weighted by Crippen LogP contribution is -2.26. The second-order valence-electron chi connectivity index (χ2n) is 5.79. The van der Waals surface area contributed by atoms with Crippen LogP contribution in [-0.2, 0) is 12.8 Å². The van der Waals surface area contributed by atoms with E-state index in [1.165, 1.54) is 0 Å². The summed E-state index contributed by atoms with van der Waals surface area (Å²) in [4.78, 5) is 12.8. The van der Waals surface area contributed by atoms with E-state index in [4.69, 9.17) is 23.2 Å². The second-order valence-corrected chi connectivity index (χ2v) is 6.54. The first kappa shape index (κ1) is 14.4. The molecule has 0 saturated carbocycles. The van der Waals surface area contributed by atoms with E-state index in [9.17, 15) is 9.90 Å². The molecule has 0 bridgehead atoms. The van der Waals surface area contributed by atoms with Gasteiger partial charge in [0.05, 0.1) is 5.02 Å². The number of phenols is 1. The number of rotatable bonds is 2. The fourth-order valence-electron chi connectivity index (χ4n) is 3.04. The third-order valence-electron chi connectivity index (χ3n) is 4.06. The number of hydrogen-bond acceptors (Lipinski definition) is 2. The number of carbonyl (C=O) groups excluding carboxylic acids is 1. The molecule has 108 valence electrons. The number of ketones is 1. The number of carbonyl (C=O) groups is 1. The van der Waals surface area contributed by atoms with E-state index >= 15 is 0 Å². The van der Waals surface area contributed by atoms with Gasteiger partial charge in [-0.15, -0.1) is 0 Å². The van der Waals surface area contributed by atoms with Crippen LogP contribution in [0.3, 0.4) is 0 Å². The first-order valence-electron chi connectivity index (χ1n) is 6.71. The molecule has 2 aromatic rings. The average molecular weight is 321 g/mol. The van der Waals surface area contributed by atoms with Crippen molar-refractivity contribution < 1.29 is 9.90 Å². The average Bonchev–Trinajstić information content (AvgIpc) is 2.69. The molecule has 0 heterocycles. The summed E-state index contributed by atoms with van der Waals surface area (Å²) in [7, 11) is 0. The smallest absolute Gasteiger partial charge is 0.171 e. The third-order valence-corrected chi connectivity index (χ3v) is 4.92. The highest BCUT2D eigenvalue weighted by atomic mass is 35.5. The summed E-state index contributed by atoms with van der Waals surface area (Å²) in [5.74, 6) is -0.0783. The molecule has 21 heavy (non-hydrogen) atoms. The SMILES string of the molecule is C[C@@]1(Cc2ccccc2)Cc2cc(O)c(Cl)c(Cl)c2C1=O. The minimum atomic E-state index is -0.551. The van der Waals surface area contributed by atoms with E-state index in [1.807, 2.05) is 37.3 Å². The first-order chi connectivity index (χ1) is 9.92. The van der Waals surface area contributed by atoms with E-state index in [0.29, 0.717) is 18.4 Å². The van der Waals surface area contributed by atoms with E-state index in [1.54, 1.807) is 6.07 Å². The predicted octanol–water partition coefficient (Wildman–Crippen LogP) is 4.69. The second kappa shape index (κ2) is 5.04. The van der Waals surface area contributed by atoms with Crippen LogP contribution in [0.25, 0.3) is 0 Å². The lowest BCUT2D eigenvalue weighted by atomic mass is 9.80. The summed E-state index contributed by atoms with van der Waals surface area (Å²) < 4.78 is 0. The molecule has 4 heteroatoms. The molecule has 1 aliphatic rings. The maximum absolute atomic E-state index is 12.8. The fourth-order valence-corrected chi connectivity index (χ4v) is 3.49. The predicted molar refractivity (Wildman–Crippen MR) is 84.4 cm³/mol. The lowest BCUT2D eigenvalue weighted by molar-refractivity contribution is 0.0842. The van der Waals surface area contributed by atoms with Gasteiger partial charge in [-0.1, -0.05) is 60.5 Å². The Hall–Kier alpha value is -1.51. The maximum atomic E-state index is 12.8. The van der Waals surface area contributed by atoms with Crippen LogP contribution in [0.5, 0.6) is 5.75 Å². The summed E-state index contributed by atoms with van der Waals surface area (Å²) in [6.07, 6.45) is 1.19. The van der Waals surface area contributed by atoms with Crippen molar-refractivity contribution in [2.75, 3.05) is 0 Å². The van der Waals surface area contributed by atoms with Crippen molar-refractivity contribution in [2.45, 2.75) is 19.8 Å². The van der Waals surface area contributed by atoms with Crippen molar-refractivity contribution in [2.24, 2.45) is 5.41 Å². The normalized spacial score (nSPS) is 20.6. The summed E-state index contributed by atoms with van der Waals surface area (Å²) in [6.45, 7) is 1.93. The van der Waals surface area contributed by atoms with Crippen LogP contribution in [0.15, 0.2) is 36.4 Å². The molecule has 2 aromatic carbocycles. The van der Waals surface area contributed by atoms with Gasteiger partial charge >= 0.3 is 0 Å². The molecule has 1 N–H and O–H groups in total. The largest absolute Gasteiger partial charge is 0.506 e. The van der Waals surface area contributed by atoms with Gasteiger partial charge in [0.15, 0.2) is 5.78 Å². The fraction of sp³-hybridized carbons (Fsp3) is 0.235. The zero-order valence-electron chi connectivity index (χ0n) is 11.5. The van der Waals surface area contributed by atoms with E-state index in [0.717, 1.165) is 11.1 Å². The van der Waals surface area contributed by atoms with Gasteiger partial charge < -0.3 is 5.11 Å². The Morgan fingerprint density at radius 1 is 1.19 bits per heavy atom. The quantitative estimate of drug-likeness (QED) is 0.871. The molecule has 1 atom stereocenters. The van der Waals surface area contributed by atoms with Crippen LogP contribution >= 0.6 is 23.2 Å². The number of phenolic OH excluding ortho intramolecular Hbond substituents is 1. The van der Waals surface area contributed by atoms with Gasteiger partial charge in [0.1, 0.15) is 10.8 Å². The van der Waals surface area contributed by atoms with E-state index in [-0.39, 0.29) is 21.6 Å². The molecule has 0 fully saturated rings. The molecule has 0 saturated heterocycles. The Morgan fingerprint density at radius 3 is 2.52 bits per heavy atom. The molecule has 0 aliphatic heterocycles. The lowest BCUT2D eigenvalue weighted by Gasteiger charge is -2.21. The van der Waals surface area contributed by atoms with E-state index in [2.05, 4.69) is 0 Å². The topological polar surface area (TPSA) is 37.3 Å². The zero-order chi connectivity index (χ0) is 15.2. The Kier molecular flexibility index (Phi) is 3.46. The highest BCUT2D eigenvalue weighted by Crippen LogP contribution is 2.46. The molecule has 1 aliphatic carbocycles. The number of hydrogen-bond donors (Lipinski definition) is 1. The number of aromatic hydroxyl groups is 1. The number of fused-ring (bicyclic) bond motifs is 1. The minimum absolute atomic E-state index is 0.00625. The third kappa shape index (κ3) is 2.33. The van der Waals surface area contributed by atoms with Gasteiger partial charge in [-0.2, -0.15) is 0 Å². The summed E-state index contributed by atoms with van der Waals surface area (Å²) in [5, 5.41) is 9.99. The van der Waals surface area contributed by atoms with Gasteiger partial charge in [-0.3, -0.25) is 4.79 Å². The number of benzene rings is 2. The molecule has 0 unspecified atom stereocenters. The Bertz CT molecular complexity index is 725. The highest BCUT2D eigenvalue weighted by molar-refractivity contribution is 6.45. The molecular weight excluding hydrogens is 307 g/mol. The van der Waals surface area contributed by atoms with Gasteiger partial charge in [0, 0.05) is 11.0 Å².